The summed E-state index contributed by atoms with van der Waals surface area (Å²) in [6.45, 7) is 5.20. The van der Waals surface area contributed by atoms with Crippen LogP contribution >= 0.6 is 0 Å². The van der Waals surface area contributed by atoms with Crippen LogP contribution in [0.4, 0.5) is 17.1 Å². The summed E-state index contributed by atoms with van der Waals surface area (Å²) in [5, 5.41) is 2.67. The van der Waals surface area contributed by atoms with Gasteiger partial charge in [-0.2, -0.15) is 0 Å². The Balaban J connectivity index is 1.48. The van der Waals surface area contributed by atoms with Crippen LogP contribution in [0.3, 0.4) is 0 Å². The SMILES string of the molecule is CCS(=O)(=O)N1C[C@@H](C(=O)Nc2ccc(S(=O)(=O)Nc3ccc(C)c(C)c3)cc2)Oc2ccccc21. The molecular weight excluding hydrogens is 502 g/mol. The third kappa shape index (κ3) is 5.31. The number of para-hydroxylation sites is 2. The van der Waals surface area contributed by atoms with Gasteiger partial charge >= 0.3 is 0 Å². The molecule has 0 spiro atoms. The van der Waals surface area contributed by atoms with Gasteiger partial charge in [0.2, 0.25) is 10.0 Å². The van der Waals surface area contributed by atoms with E-state index in [0.717, 1.165) is 11.1 Å². The normalized spacial score (nSPS) is 15.5. The van der Waals surface area contributed by atoms with Crippen molar-refractivity contribution in [2.24, 2.45) is 0 Å². The third-order valence-corrected chi connectivity index (χ3v) is 9.06. The van der Waals surface area contributed by atoms with Crippen LogP contribution in [0.2, 0.25) is 0 Å². The molecule has 11 heteroatoms. The van der Waals surface area contributed by atoms with Crippen molar-refractivity contribution in [3.63, 3.8) is 0 Å². The lowest BCUT2D eigenvalue weighted by Gasteiger charge is -2.34. The average Bonchev–Trinajstić information content (AvgIpc) is 2.85. The first-order valence-electron chi connectivity index (χ1n) is 11.3. The topological polar surface area (TPSA) is 122 Å². The highest BCUT2D eigenvalue weighted by Crippen LogP contribution is 2.35. The standard InChI is InChI=1S/C25H27N3O6S2/c1-4-35(30,31)28-16-24(34-23-8-6-5-7-22(23)28)25(29)26-19-11-13-21(14-12-19)36(32,33)27-20-10-9-17(2)18(3)15-20/h5-15,24,27H,4,16H2,1-3H3,(H,26,29)/t24-/m0/s1. The van der Waals surface area contributed by atoms with Gasteiger partial charge in [0.25, 0.3) is 15.9 Å². The average molecular weight is 530 g/mol. The van der Waals surface area contributed by atoms with E-state index in [0.29, 0.717) is 22.8 Å². The number of carbonyl (C=O) groups is 1. The van der Waals surface area contributed by atoms with Gasteiger partial charge in [-0.15, -0.1) is 0 Å². The lowest BCUT2D eigenvalue weighted by Crippen LogP contribution is -2.49. The minimum atomic E-state index is -3.83. The summed E-state index contributed by atoms with van der Waals surface area (Å²) in [4.78, 5) is 13.0. The van der Waals surface area contributed by atoms with Gasteiger partial charge in [0.1, 0.15) is 5.75 Å². The van der Waals surface area contributed by atoms with E-state index >= 15 is 0 Å². The molecule has 9 nitrogen and oxygen atoms in total. The van der Waals surface area contributed by atoms with Crippen LogP contribution in [0.5, 0.6) is 5.75 Å². The van der Waals surface area contributed by atoms with Gasteiger partial charge in [0.15, 0.2) is 6.10 Å². The highest BCUT2D eigenvalue weighted by atomic mass is 32.2. The lowest BCUT2D eigenvalue weighted by atomic mass is 10.1. The summed E-state index contributed by atoms with van der Waals surface area (Å²) in [5.41, 5.74) is 3.20. The number of aryl methyl sites for hydroxylation is 2. The van der Waals surface area contributed by atoms with Crippen LogP contribution in [0.15, 0.2) is 71.6 Å². The maximum atomic E-state index is 12.9. The molecule has 0 saturated heterocycles. The first kappa shape index (κ1) is 25.5. The predicted molar refractivity (Wildman–Crippen MR) is 139 cm³/mol. The fourth-order valence-corrected chi connectivity index (χ4v) is 5.89. The molecule has 0 unspecified atom stereocenters. The number of nitrogens with zero attached hydrogens (tertiary/aromatic N) is 1. The summed E-state index contributed by atoms with van der Waals surface area (Å²) in [6.07, 6.45) is -1.09. The van der Waals surface area contributed by atoms with Crippen molar-refractivity contribution in [2.75, 3.05) is 26.6 Å². The van der Waals surface area contributed by atoms with E-state index in [1.807, 2.05) is 19.9 Å². The molecule has 190 valence electrons. The molecule has 1 aliphatic heterocycles. The number of ether oxygens (including phenoxy) is 1. The zero-order chi connectivity index (χ0) is 26.1. The van der Waals surface area contributed by atoms with Crippen LogP contribution in [0.25, 0.3) is 0 Å². The maximum Gasteiger partial charge on any atom is 0.267 e. The van der Waals surface area contributed by atoms with Gasteiger partial charge in [-0.1, -0.05) is 18.2 Å². The second-order valence-electron chi connectivity index (χ2n) is 8.42. The van der Waals surface area contributed by atoms with Crippen molar-refractivity contribution in [3.8, 4) is 5.75 Å². The molecule has 0 aromatic heterocycles. The van der Waals surface area contributed by atoms with E-state index in [9.17, 15) is 21.6 Å². The molecule has 0 bridgehead atoms. The van der Waals surface area contributed by atoms with Gasteiger partial charge in [0, 0.05) is 11.4 Å². The van der Waals surface area contributed by atoms with E-state index in [-0.39, 0.29) is 17.2 Å². The number of benzene rings is 3. The number of rotatable bonds is 7. The molecule has 1 atom stereocenters. The largest absolute Gasteiger partial charge is 0.476 e. The minimum Gasteiger partial charge on any atom is -0.476 e. The zero-order valence-corrected chi connectivity index (χ0v) is 21.7. The summed E-state index contributed by atoms with van der Waals surface area (Å²) in [5.74, 6) is -0.383. The maximum absolute atomic E-state index is 12.9. The van der Waals surface area contributed by atoms with E-state index in [1.165, 1.54) is 35.5 Å². The lowest BCUT2D eigenvalue weighted by molar-refractivity contribution is -0.122. The number of amides is 1. The summed E-state index contributed by atoms with van der Waals surface area (Å²) >= 11 is 0. The number of nitrogens with one attached hydrogen (secondary N) is 2. The van der Waals surface area contributed by atoms with Gasteiger partial charge in [-0.25, -0.2) is 16.8 Å². The Hall–Kier alpha value is -3.57. The molecular formula is C25H27N3O6S2. The Bertz CT molecular complexity index is 1500. The van der Waals surface area contributed by atoms with E-state index in [2.05, 4.69) is 10.0 Å². The predicted octanol–water partition coefficient (Wildman–Crippen LogP) is 3.66. The molecule has 0 aliphatic carbocycles. The molecule has 1 amide bonds. The van der Waals surface area contributed by atoms with Crippen LogP contribution in [0, 0.1) is 13.8 Å². The Morgan fingerprint density at radius 3 is 2.28 bits per heavy atom. The van der Waals surface area contributed by atoms with Crippen molar-refractivity contribution < 1.29 is 26.4 Å². The van der Waals surface area contributed by atoms with Crippen molar-refractivity contribution in [1.82, 2.24) is 0 Å². The quantitative estimate of drug-likeness (QED) is 0.482. The van der Waals surface area contributed by atoms with Gasteiger partial charge < -0.3 is 10.1 Å². The smallest absolute Gasteiger partial charge is 0.267 e. The van der Waals surface area contributed by atoms with Gasteiger partial charge in [-0.05, 0) is 80.4 Å². The second-order valence-corrected chi connectivity index (χ2v) is 12.3. The number of carbonyl (C=O) groups excluding carboxylic acids is 1. The first-order chi connectivity index (χ1) is 17.0. The van der Waals surface area contributed by atoms with E-state index in [1.54, 1.807) is 36.4 Å². The van der Waals surface area contributed by atoms with Crippen LogP contribution in [0.1, 0.15) is 18.1 Å². The summed E-state index contributed by atoms with van der Waals surface area (Å²) in [7, 11) is -7.46. The molecule has 0 fully saturated rings. The molecule has 1 heterocycles. The molecule has 0 radical (unpaired) electrons. The number of anilines is 3. The Morgan fingerprint density at radius 1 is 0.944 bits per heavy atom. The molecule has 1 aliphatic rings. The van der Waals surface area contributed by atoms with Crippen molar-refractivity contribution in [2.45, 2.75) is 31.8 Å². The van der Waals surface area contributed by atoms with Gasteiger partial charge in [0.05, 0.1) is 22.9 Å². The summed E-state index contributed by atoms with van der Waals surface area (Å²) in [6, 6.07) is 17.6. The number of hydrogen-bond donors (Lipinski definition) is 2. The van der Waals surface area contributed by atoms with E-state index < -0.39 is 32.1 Å². The third-order valence-electron chi connectivity index (χ3n) is 5.92. The Morgan fingerprint density at radius 2 is 1.61 bits per heavy atom. The fourth-order valence-electron chi connectivity index (χ4n) is 3.72. The molecule has 2 N–H and O–H groups in total. The van der Waals surface area contributed by atoms with Crippen LogP contribution < -0.4 is 19.1 Å². The summed E-state index contributed by atoms with van der Waals surface area (Å²) < 4.78 is 60.3. The molecule has 3 aromatic carbocycles. The van der Waals surface area contributed by atoms with E-state index in [4.69, 9.17) is 4.74 Å². The van der Waals surface area contributed by atoms with Gasteiger partial charge in [-0.3, -0.25) is 13.8 Å². The van der Waals surface area contributed by atoms with Crippen molar-refractivity contribution in [1.29, 1.82) is 0 Å². The molecule has 0 saturated carbocycles. The Kier molecular flexibility index (Phi) is 6.96. The Labute approximate surface area is 211 Å². The second kappa shape index (κ2) is 9.82. The zero-order valence-electron chi connectivity index (χ0n) is 20.1. The fraction of sp³-hybridized carbons (Fsp3) is 0.240. The molecule has 36 heavy (non-hydrogen) atoms. The minimum absolute atomic E-state index is 0.0294. The first-order valence-corrected chi connectivity index (χ1v) is 14.4. The van der Waals surface area contributed by atoms with Crippen molar-refractivity contribution >= 4 is 43.0 Å². The molecule has 4 rings (SSSR count). The van der Waals surface area contributed by atoms with Crippen molar-refractivity contribution in [3.05, 3.63) is 77.9 Å². The number of hydrogen-bond acceptors (Lipinski definition) is 6. The highest BCUT2D eigenvalue weighted by molar-refractivity contribution is 7.93. The van der Waals surface area contributed by atoms with Crippen LogP contribution in [-0.2, 0) is 24.8 Å². The number of sulfonamides is 2. The number of fused-ring (bicyclic) bond motifs is 1. The monoisotopic (exact) mass is 529 g/mol. The highest BCUT2D eigenvalue weighted by Gasteiger charge is 2.36. The molecule has 3 aromatic rings. The van der Waals surface area contributed by atoms with Crippen LogP contribution in [-0.4, -0.2) is 41.1 Å².